The van der Waals surface area contributed by atoms with Gasteiger partial charge in [-0.15, -0.1) is 0 Å². The largest absolute Gasteiger partial charge is 0.462 e. The fourth-order valence-corrected chi connectivity index (χ4v) is 8.61. The summed E-state index contributed by atoms with van der Waals surface area (Å²) < 4.78 is 34.5. The molecule has 4 atom stereocenters. The number of hydrogen-bond donors (Lipinski definition) is 0. The van der Waals surface area contributed by atoms with E-state index >= 15 is 0 Å². The maximum absolute atomic E-state index is 14.3. The van der Waals surface area contributed by atoms with Crippen LogP contribution < -0.4 is 14.5 Å². The van der Waals surface area contributed by atoms with E-state index in [0.717, 1.165) is 71.6 Å². The monoisotopic (exact) mass is 751 g/mol. The molecule has 0 saturated carbocycles. The van der Waals surface area contributed by atoms with E-state index in [1.165, 1.54) is 11.1 Å². The number of aromatic nitrogens is 4. The van der Waals surface area contributed by atoms with Gasteiger partial charge in [-0.3, -0.25) is 4.90 Å². The lowest BCUT2D eigenvalue weighted by atomic mass is 9.99. The average Bonchev–Trinajstić information content (AvgIpc) is 3.77. The highest BCUT2D eigenvalue weighted by Crippen LogP contribution is 2.39. The maximum Gasteiger partial charge on any atom is 0.410 e. The van der Waals surface area contributed by atoms with Gasteiger partial charge in [0.2, 0.25) is 0 Å². The number of likely N-dealkylation sites (tertiary alicyclic amines) is 1. The zero-order valence-corrected chi connectivity index (χ0v) is 32.0. The van der Waals surface area contributed by atoms with E-state index in [2.05, 4.69) is 35.8 Å². The number of carbonyl (C=O) groups excluding carboxylic acids is 1. The first kappa shape index (κ1) is 36.9. The highest BCUT2D eigenvalue weighted by atomic mass is 19.1. The lowest BCUT2D eigenvalue weighted by molar-refractivity contribution is -0.0366. The normalized spacial score (nSPS) is 23.1. The quantitative estimate of drug-likeness (QED) is 0.204. The Morgan fingerprint density at radius 1 is 1.07 bits per heavy atom. The number of benzene rings is 2. The molecule has 0 radical (unpaired) electrons. The second-order valence-corrected chi connectivity index (χ2v) is 15.4. The van der Waals surface area contributed by atoms with Crippen LogP contribution in [0, 0.1) is 25.2 Å². The van der Waals surface area contributed by atoms with Gasteiger partial charge in [-0.25, -0.2) is 13.9 Å². The molecular formula is C41H50FN9O4. The van der Waals surface area contributed by atoms with Gasteiger partial charge in [0, 0.05) is 56.3 Å². The van der Waals surface area contributed by atoms with Crippen molar-refractivity contribution in [1.82, 2.24) is 29.5 Å². The third-order valence-corrected chi connectivity index (χ3v) is 11.7. The Labute approximate surface area is 321 Å². The molecule has 8 rings (SSSR count). The van der Waals surface area contributed by atoms with Crippen LogP contribution in [-0.2, 0) is 29.0 Å². The van der Waals surface area contributed by atoms with Gasteiger partial charge >= 0.3 is 12.1 Å². The SMILES string of the molecule is Cc1cc2c(cnn2C2CCCCO2)c(N2CCc3c(nc(OC[C@@H]4C[C@@H](F)CN4C)nc3N3CCN(C(=O)OCc4ccccc4)[C@@H](CC#N)C3)C2)c1C. The van der Waals surface area contributed by atoms with Crippen LogP contribution in [0.3, 0.4) is 0 Å². The first-order valence-corrected chi connectivity index (χ1v) is 19.6. The number of aryl methyl sites for hydroxylation is 1. The Balaban J connectivity index is 1.09. The molecule has 1 unspecified atom stereocenters. The number of fused-ring (bicyclic) bond motifs is 2. The highest BCUT2D eigenvalue weighted by Gasteiger charge is 2.36. The van der Waals surface area contributed by atoms with Crippen LogP contribution >= 0.6 is 0 Å². The molecule has 0 N–H and O–H groups in total. The van der Waals surface area contributed by atoms with E-state index < -0.39 is 18.3 Å². The molecule has 0 spiro atoms. The molecule has 0 aliphatic carbocycles. The molecular weight excluding hydrogens is 702 g/mol. The number of amides is 1. The van der Waals surface area contributed by atoms with Gasteiger partial charge in [-0.2, -0.15) is 20.3 Å². The molecule has 4 aliphatic rings. The molecule has 0 bridgehead atoms. The molecule has 55 heavy (non-hydrogen) atoms. The number of alkyl halides is 1. The van der Waals surface area contributed by atoms with Gasteiger partial charge < -0.3 is 28.9 Å². The molecule has 14 heteroatoms. The molecule has 1 amide bonds. The van der Waals surface area contributed by atoms with E-state index in [-0.39, 0.29) is 37.9 Å². The number of hydrogen-bond acceptors (Lipinski definition) is 11. The first-order chi connectivity index (χ1) is 26.8. The number of rotatable bonds is 9. The molecule has 3 saturated heterocycles. The van der Waals surface area contributed by atoms with Gasteiger partial charge in [-0.05, 0) is 75.8 Å². The fraction of sp³-hybridized carbons (Fsp3) is 0.537. The van der Waals surface area contributed by atoms with E-state index in [1.807, 2.05) is 53.2 Å². The summed E-state index contributed by atoms with van der Waals surface area (Å²) in [5.41, 5.74) is 7.41. The number of halogens is 1. The fourth-order valence-electron chi connectivity index (χ4n) is 8.61. The summed E-state index contributed by atoms with van der Waals surface area (Å²) in [4.78, 5) is 31.6. The lowest BCUT2D eigenvalue weighted by Gasteiger charge is -2.42. The zero-order valence-electron chi connectivity index (χ0n) is 32.0. The van der Waals surface area contributed by atoms with Crippen LogP contribution in [-0.4, -0.2) is 107 Å². The Bertz CT molecular complexity index is 2050. The molecule has 4 aliphatic heterocycles. The number of anilines is 2. The van der Waals surface area contributed by atoms with Crippen molar-refractivity contribution < 1.29 is 23.4 Å². The number of nitrogens with zero attached hydrogens (tertiary/aromatic N) is 9. The molecule has 4 aromatic rings. The predicted octanol–water partition coefficient (Wildman–Crippen LogP) is 5.87. The summed E-state index contributed by atoms with van der Waals surface area (Å²) in [6.07, 6.45) is 4.98. The van der Waals surface area contributed by atoms with Crippen molar-refractivity contribution in [2.45, 2.75) is 90.0 Å². The number of nitriles is 1. The van der Waals surface area contributed by atoms with Crippen molar-refractivity contribution in [1.29, 1.82) is 5.26 Å². The van der Waals surface area contributed by atoms with E-state index in [9.17, 15) is 14.4 Å². The third-order valence-electron chi connectivity index (χ3n) is 11.7. The molecule has 2 aromatic heterocycles. The van der Waals surface area contributed by atoms with Gasteiger partial charge in [0.1, 0.15) is 25.2 Å². The van der Waals surface area contributed by atoms with Gasteiger partial charge in [-0.1, -0.05) is 30.3 Å². The van der Waals surface area contributed by atoms with Crippen molar-refractivity contribution in [3.8, 4) is 12.1 Å². The van der Waals surface area contributed by atoms with E-state index in [4.69, 9.17) is 29.3 Å². The van der Waals surface area contributed by atoms with Crippen molar-refractivity contribution in [3.05, 3.63) is 70.5 Å². The second-order valence-electron chi connectivity index (χ2n) is 15.4. The topological polar surface area (TPSA) is 125 Å². The minimum atomic E-state index is -0.886. The number of likely N-dealkylation sites (N-methyl/N-ethyl adjacent to an activating group) is 1. The standard InChI is InChI=1S/C41H50FN9O4/c1-27-19-36-34(21-44-51(36)37-11-7-8-18-53-37)38(28(27)2)48-15-13-33-35(24-48)45-40(54-26-32-20-30(42)22-47(32)3)46-39(33)49-16-17-50(31(23-49)12-14-43)41(52)55-25-29-9-5-4-6-10-29/h4-6,9-10,19,21,30-32,37H,7-8,11-13,15-18,20,22-26H2,1-3H3/t30-,31+,32+,37?/m1/s1. The van der Waals surface area contributed by atoms with Crippen LogP contribution in [0.4, 0.5) is 20.7 Å². The van der Waals surface area contributed by atoms with Crippen LogP contribution in [0.25, 0.3) is 10.9 Å². The summed E-state index contributed by atoms with van der Waals surface area (Å²) in [5, 5.41) is 15.8. The average molecular weight is 752 g/mol. The Kier molecular flexibility index (Phi) is 10.7. The number of piperazine rings is 1. The van der Waals surface area contributed by atoms with Crippen LogP contribution in [0.2, 0.25) is 0 Å². The smallest absolute Gasteiger partial charge is 0.410 e. The summed E-state index contributed by atoms with van der Waals surface area (Å²) in [7, 11) is 1.91. The lowest BCUT2D eigenvalue weighted by Crippen LogP contribution is -2.55. The Morgan fingerprint density at radius 2 is 1.93 bits per heavy atom. The maximum atomic E-state index is 14.3. The van der Waals surface area contributed by atoms with E-state index in [0.29, 0.717) is 45.6 Å². The van der Waals surface area contributed by atoms with Crippen molar-refractivity contribution in [2.24, 2.45) is 0 Å². The van der Waals surface area contributed by atoms with Gasteiger partial charge in [0.25, 0.3) is 0 Å². The zero-order chi connectivity index (χ0) is 38.1. The molecule has 6 heterocycles. The van der Waals surface area contributed by atoms with Crippen molar-refractivity contribution in [2.75, 3.05) is 62.8 Å². The Hall–Kier alpha value is -5.00. The predicted molar refractivity (Wildman–Crippen MR) is 206 cm³/mol. The number of ether oxygens (including phenoxy) is 3. The first-order valence-electron chi connectivity index (χ1n) is 19.6. The second kappa shape index (κ2) is 16.0. The van der Waals surface area contributed by atoms with Crippen LogP contribution in [0.15, 0.2) is 42.6 Å². The molecule has 2 aromatic carbocycles. The minimum absolute atomic E-state index is 0.0686. The minimum Gasteiger partial charge on any atom is -0.462 e. The highest BCUT2D eigenvalue weighted by molar-refractivity contribution is 5.95. The molecule has 13 nitrogen and oxygen atoms in total. The van der Waals surface area contributed by atoms with Crippen molar-refractivity contribution >= 4 is 28.5 Å². The summed E-state index contributed by atoms with van der Waals surface area (Å²) in [6, 6.07) is 13.9. The van der Waals surface area contributed by atoms with Crippen LogP contribution in [0.5, 0.6) is 6.01 Å². The molecule has 3 fully saturated rings. The van der Waals surface area contributed by atoms with Gasteiger partial charge in [0.15, 0.2) is 6.23 Å². The van der Waals surface area contributed by atoms with Crippen molar-refractivity contribution in [3.63, 3.8) is 0 Å². The van der Waals surface area contributed by atoms with E-state index in [1.54, 1.807) is 4.90 Å². The molecule has 290 valence electrons. The van der Waals surface area contributed by atoms with Gasteiger partial charge in [0.05, 0.1) is 48.2 Å². The third kappa shape index (κ3) is 7.64. The Morgan fingerprint density at radius 3 is 2.69 bits per heavy atom. The summed E-state index contributed by atoms with van der Waals surface area (Å²) >= 11 is 0. The number of carbonyl (C=O) groups is 1. The summed E-state index contributed by atoms with van der Waals surface area (Å²) in [5.74, 6) is 0.761. The van der Waals surface area contributed by atoms with Crippen LogP contribution in [0.1, 0.15) is 66.3 Å². The summed E-state index contributed by atoms with van der Waals surface area (Å²) in [6.45, 7) is 8.46.